The number of rotatable bonds is 5. The van der Waals surface area contributed by atoms with Gasteiger partial charge in [-0.05, 0) is 26.2 Å². The fourth-order valence-electron chi connectivity index (χ4n) is 3.67. The molecule has 25 heavy (non-hydrogen) atoms. The van der Waals surface area contributed by atoms with Crippen LogP contribution in [0.3, 0.4) is 0 Å². The maximum Gasteiger partial charge on any atom is 0.228 e. The van der Waals surface area contributed by atoms with E-state index in [-0.39, 0.29) is 36.6 Å². The zero-order valence-corrected chi connectivity index (χ0v) is 14.6. The molecule has 3 rings (SSSR count). The van der Waals surface area contributed by atoms with E-state index >= 15 is 0 Å². The summed E-state index contributed by atoms with van der Waals surface area (Å²) in [5.74, 6) is 0.145. The lowest BCUT2D eigenvalue weighted by Gasteiger charge is -2.36. The third-order valence-electron chi connectivity index (χ3n) is 5.40. The van der Waals surface area contributed by atoms with Gasteiger partial charge in [-0.25, -0.2) is 4.63 Å². The molecular formula is C17H26N4O4. The lowest BCUT2D eigenvalue weighted by molar-refractivity contribution is -0.135. The fraction of sp³-hybridized carbons (Fsp3) is 0.765. The summed E-state index contributed by atoms with van der Waals surface area (Å²) in [7, 11) is 0. The maximum atomic E-state index is 12.3. The smallest absolute Gasteiger partial charge is 0.228 e. The quantitative estimate of drug-likeness (QED) is 0.797. The number of nitrogens with zero attached hydrogens (tertiary/aromatic N) is 3. The van der Waals surface area contributed by atoms with Gasteiger partial charge in [0, 0.05) is 31.5 Å². The average molecular weight is 350 g/mol. The van der Waals surface area contributed by atoms with E-state index in [1.807, 2.05) is 0 Å². The number of hydrogen-bond donors (Lipinski definition) is 2. The van der Waals surface area contributed by atoms with Gasteiger partial charge in [-0.15, -0.1) is 0 Å². The summed E-state index contributed by atoms with van der Waals surface area (Å²) in [6.07, 6.45) is 4.37. The van der Waals surface area contributed by atoms with Crippen LogP contribution in [-0.4, -0.2) is 57.9 Å². The predicted molar refractivity (Wildman–Crippen MR) is 88.4 cm³/mol. The van der Waals surface area contributed by atoms with Gasteiger partial charge in [-0.1, -0.05) is 23.2 Å². The van der Waals surface area contributed by atoms with E-state index in [1.54, 1.807) is 11.8 Å². The second-order valence-corrected chi connectivity index (χ2v) is 7.16. The molecule has 2 amide bonds. The van der Waals surface area contributed by atoms with Gasteiger partial charge >= 0.3 is 0 Å². The van der Waals surface area contributed by atoms with Gasteiger partial charge in [0.2, 0.25) is 11.8 Å². The minimum atomic E-state index is -0.627. The van der Waals surface area contributed by atoms with Gasteiger partial charge in [0.05, 0.1) is 12.5 Å². The number of hydrogen-bond acceptors (Lipinski definition) is 6. The molecular weight excluding hydrogens is 324 g/mol. The molecule has 0 spiro atoms. The standard InChI is InChI=1S/C17H26N4O4/c1-11-14(20-25-19-11)8-16(23)21-7-6-13(15(22)10-21)9-18-17(24)12-4-2-3-5-12/h12-13,15,22H,2-10H2,1H3,(H,18,24)/t13-,15+/m0/s1. The van der Waals surface area contributed by atoms with Crippen molar-refractivity contribution in [2.45, 2.75) is 51.6 Å². The van der Waals surface area contributed by atoms with Gasteiger partial charge in [0.15, 0.2) is 0 Å². The van der Waals surface area contributed by atoms with Gasteiger partial charge in [-0.2, -0.15) is 0 Å². The van der Waals surface area contributed by atoms with Crippen molar-refractivity contribution in [2.24, 2.45) is 11.8 Å². The summed E-state index contributed by atoms with van der Waals surface area (Å²) < 4.78 is 4.61. The van der Waals surface area contributed by atoms with Gasteiger partial charge in [0.1, 0.15) is 11.4 Å². The van der Waals surface area contributed by atoms with E-state index in [0.29, 0.717) is 30.9 Å². The van der Waals surface area contributed by atoms with Crippen LogP contribution in [-0.2, 0) is 16.0 Å². The molecule has 1 aromatic heterocycles. The number of carbonyl (C=O) groups excluding carboxylic acids is 2. The summed E-state index contributed by atoms with van der Waals surface area (Å²) in [5, 5.41) is 20.7. The van der Waals surface area contributed by atoms with Crippen LogP contribution < -0.4 is 5.32 Å². The molecule has 2 fully saturated rings. The number of piperidine rings is 1. The highest BCUT2D eigenvalue weighted by molar-refractivity contribution is 5.79. The van der Waals surface area contributed by atoms with E-state index in [4.69, 9.17) is 0 Å². The number of amides is 2. The van der Waals surface area contributed by atoms with Crippen LogP contribution in [0.15, 0.2) is 4.63 Å². The Kier molecular flexibility index (Phi) is 5.67. The van der Waals surface area contributed by atoms with Crippen LogP contribution in [0.5, 0.6) is 0 Å². The average Bonchev–Trinajstić information content (AvgIpc) is 3.26. The topological polar surface area (TPSA) is 109 Å². The van der Waals surface area contributed by atoms with Crippen molar-refractivity contribution < 1.29 is 19.3 Å². The minimum absolute atomic E-state index is 0.00939. The van der Waals surface area contributed by atoms with Crippen LogP contribution >= 0.6 is 0 Å². The first-order valence-corrected chi connectivity index (χ1v) is 9.06. The van der Waals surface area contributed by atoms with Crippen molar-refractivity contribution in [2.75, 3.05) is 19.6 Å². The number of carbonyl (C=O) groups is 2. The molecule has 0 bridgehead atoms. The molecule has 1 aliphatic carbocycles. The summed E-state index contributed by atoms with van der Waals surface area (Å²) in [6, 6.07) is 0. The number of aliphatic hydroxyl groups is 1. The Morgan fingerprint density at radius 3 is 2.68 bits per heavy atom. The lowest BCUT2D eigenvalue weighted by atomic mass is 9.93. The van der Waals surface area contributed by atoms with E-state index in [2.05, 4.69) is 20.3 Å². The highest BCUT2D eigenvalue weighted by Gasteiger charge is 2.31. The Labute approximate surface area is 146 Å². The molecule has 2 atom stereocenters. The molecule has 1 aromatic rings. The Morgan fingerprint density at radius 2 is 2.04 bits per heavy atom. The molecule has 1 saturated heterocycles. The van der Waals surface area contributed by atoms with Crippen LogP contribution in [0.2, 0.25) is 0 Å². The van der Waals surface area contributed by atoms with Crippen LogP contribution in [0.1, 0.15) is 43.5 Å². The highest BCUT2D eigenvalue weighted by atomic mass is 16.6. The number of aliphatic hydroxyl groups excluding tert-OH is 1. The van der Waals surface area contributed by atoms with Crippen LogP contribution in [0, 0.1) is 18.8 Å². The number of nitrogens with one attached hydrogen (secondary N) is 1. The van der Waals surface area contributed by atoms with E-state index in [1.165, 1.54) is 0 Å². The Morgan fingerprint density at radius 1 is 1.28 bits per heavy atom. The molecule has 0 radical (unpaired) electrons. The van der Waals surface area contributed by atoms with Gasteiger partial charge in [-0.3, -0.25) is 9.59 Å². The van der Waals surface area contributed by atoms with Crippen LogP contribution in [0.25, 0.3) is 0 Å². The number of β-amino-alcohol motifs (C(OH)–C–C–N with tert-alkyl or cyclic N) is 1. The van der Waals surface area contributed by atoms with Crippen molar-refractivity contribution in [3.05, 3.63) is 11.4 Å². The summed E-state index contributed by atoms with van der Waals surface area (Å²) >= 11 is 0. The molecule has 0 unspecified atom stereocenters. The van der Waals surface area contributed by atoms with Crippen molar-refractivity contribution in [3.63, 3.8) is 0 Å². The molecule has 1 aliphatic heterocycles. The first-order valence-electron chi connectivity index (χ1n) is 9.06. The Balaban J connectivity index is 1.44. The molecule has 8 nitrogen and oxygen atoms in total. The first kappa shape index (κ1) is 17.8. The maximum absolute atomic E-state index is 12.3. The second kappa shape index (κ2) is 7.95. The SMILES string of the molecule is Cc1nonc1CC(=O)N1CC[C@@H](CNC(=O)C2CCCC2)[C@H](O)C1. The molecule has 2 N–H and O–H groups in total. The zero-order chi connectivity index (χ0) is 17.8. The minimum Gasteiger partial charge on any atom is -0.391 e. The van der Waals surface area contributed by atoms with Crippen molar-refractivity contribution in [1.29, 1.82) is 0 Å². The van der Waals surface area contributed by atoms with E-state index < -0.39 is 6.10 Å². The van der Waals surface area contributed by atoms with E-state index in [9.17, 15) is 14.7 Å². The molecule has 2 heterocycles. The monoisotopic (exact) mass is 350 g/mol. The largest absolute Gasteiger partial charge is 0.391 e. The van der Waals surface area contributed by atoms with Gasteiger partial charge < -0.3 is 15.3 Å². The van der Waals surface area contributed by atoms with Gasteiger partial charge in [0.25, 0.3) is 0 Å². The Bertz CT molecular complexity index is 612. The third-order valence-corrected chi connectivity index (χ3v) is 5.40. The number of aromatic nitrogens is 2. The predicted octanol–water partition coefficient (Wildman–Crippen LogP) is 0.436. The lowest BCUT2D eigenvalue weighted by Crippen LogP contribution is -2.50. The number of aryl methyl sites for hydroxylation is 1. The van der Waals surface area contributed by atoms with Crippen molar-refractivity contribution >= 4 is 11.8 Å². The Hall–Kier alpha value is -1.96. The molecule has 8 heteroatoms. The highest BCUT2D eigenvalue weighted by Crippen LogP contribution is 2.25. The fourth-order valence-corrected chi connectivity index (χ4v) is 3.67. The number of likely N-dealkylation sites (tertiary alicyclic amines) is 1. The zero-order valence-electron chi connectivity index (χ0n) is 14.6. The second-order valence-electron chi connectivity index (χ2n) is 7.16. The summed E-state index contributed by atoms with van der Waals surface area (Å²) in [5.41, 5.74) is 1.14. The van der Waals surface area contributed by atoms with E-state index in [0.717, 1.165) is 25.7 Å². The first-order chi connectivity index (χ1) is 12.0. The molecule has 2 aliphatic rings. The third kappa shape index (κ3) is 4.36. The van der Waals surface area contributed by atoms with Crippen LogP contribution in [0.4, 0.5) is 0 Å². The molecule has 1 saturated carbocycles. The summed E-state index contributed by atoms with van der Waals surface area (Å²) in [6.45, 7) is 3.08. The van der Waals surface area contributed by atoms with Crippen molar-refractivity contribution in [3.8, 4) is 0 Å². The summed E-state index contributed by atoms with van der Waals surface area (Å²) in [4.78, 5) is 26.1. The normalized spacial score (nSPS) is 24.5. The van der Waals surface area contributed by atoms with Crippen molar-refractivity contribution in [1.82, 2.24) is 20.5 Å². The molecule has 138 valence electrons. The molecule has 0 aromatic carbocycles.